The molecule has 1 unspecified atom stereocenters. The molecule has 0 amide bonds. The Morgan fingerprint density at radius 1 is 1.40 bits per heavy atom. The van der Waals surface area contributed by atoms with Gasteiger partial charge in [-0.25, -0.2) is 13.2 Å². The Hall–Kier alpha value is -0.670. The number of carboxylic acids is 1. The van der Waals surface area contributed by atoms with Crippen molar-refractivity contribution in [2.75, 3.05) is 6.54 Å². The van der Waals surface area contributed by atoms with Crippen molar-refractivity contribution in [3.05, 3.63) is 27.3 Å². The highest BCUT2D eigenvalue weighted by atomic mass is 127. The zero-order valence-electron chi connectivity index (χ0n) is 11.0. The van der Waals surface area contributed by atoms with Crippen molar-refractivity contribution < 1.29 is 18.3 Å². The summed E-state index contributed by atoms with van der Waals surface area (Å²) in [5.41, 5.74) is 0.0244. The molecule has 1 saturated heterocycles. The van der Waals surface area contributed by atoms with Crippen molar-refractivity contribution in [2.24, 2.45) is 0 Å². The Bertz CT molecular complexity index is 629. The van der Waals surface area contributed by atoms with Gasteiger partial charge in [0.05, 0.1) is 10.5 Å². The maximum atomic E-state index is 12.6. The summed E-state index contributed by atoms with van der Waals surface area (Å²) >= 11 is 1.89. The molecule has 2 rings (SSSR count). The standard InChI is InChI=1S/C13H16INO4S/c1-9-4-2-3-7-15(9)20(18,19)10-5-6-12(14)11(8-10)13(16)17/h5-6,8-9H,2-4,7H2,1H3,(H,16,17). The van der Waals surface area contributed by atoms with E-state index >= 15 is 0 Å². The number of rotatable bonds is 3. The van der Waals surface area contributed by atoms with Crippen molar-refractivity contribution in [3.8, 4) is 0 Å². The summed E-state index contributed by atoms with van der Waals surface area (Å²) in [5, 5.41) is 9.10. The van der Waals surface area contributed by atoms with E-state index in [-0.39, 0.29) is 16.5 Å². The van der Waals surface area contributed by atoms with Crippen LogP contribution in [0.5, 0.6) is 0 Å². The van der Waals surface area contributed by atoms with Gasteiger partial charge in [-0.2, -0.15) is 4.31 Å². The van der Waals surface area contributed by atoms with Crippen molar-refractivity contribution in [3.63, 3.8) is 0 Å². The summed E-state index contributed by atoms with van der Waals surface area (Å²) in [6.45, 7) is 2.39. The number of carbonyl (C=O) groups is 1. The molecule has 1 aromatic rings. The van der Waals surface area contributed by atoms with E-state index < -0.39 is 16.0 Å². The van der Waals surface area contributed by atoms with Crippen molar-refractivity contribution in [2.45, 2.75) is 37.1 Å². The topological polar surface area (TPSA) is 74.7 Å². The van der Waals surface area contributed by atoms with E-state index in [4.69, 9.17) is 5.11 Å². The van der Waals surface area contributed by atoms with Crippen LogP contribution in [-0.4, -0.2) is 36.4 Å². The number of hydrogen-bond acceptors (Lipinski definition) is 3. The van der Waals surface area contributed by atoms with Gasteiger partial charge in [0.25, 0.3) is 0 Å². The first-order chi connectivity index (χ1) is 9.34. The van der Waals surface area contributed by atoms with Crippen LogP contribution in [0, 0.1) is 3.57 Å². The smallest absolute Gasteiger partial charge is 0.336 e. The molecule has 1 aliphatic rings. The van der Waals surface area contributed by atoms with Crippen LogP contribution < -0.4 is 0 Å². The number of halogens is 1. The highest BCUT2D eigenvalue weighted by Gasteiger charge is 2.31. The molecule has 1 heterocycles. The van der Waals surface area contributed by atoms with E-state index in [1.807, 2.05) is 29.5 Å². The predicted octanol–water partition coefficient (Wildman–Crippen LogP) is 2.55. The molecule has 0 radical (unpaired) electrons. The zero-order valence-corrected chi connectivity index (χ0v) is 14.0. The number of benzene rings is 1. The van der Waals surface area contributed by atoms with Gasteiger partial charge in [0.2, 0.25) is 10.0 Å². The van der Waals surface area contributed by atoms with Crippen LogP contribution in [-0.2, 0) is 10.0 Å². The molecule has 1 N–H and O–H groups in total. The zero-order chi connectivity index (χ0) is 14.9. The number of carboxylic acid groups (broad SMARTS) is 1. The predicted molar refractivity (Wildman–Crippen MR) is 83.3 cm³/mol. The fourth-order valence-electron chi connectivity index (χ4n) is 2.39. The first kappa shape index (κ1) is 15.7. The van der Waals surface area contributed by atoms with E-state index in [0.717, 1.165) is 19.3 Å². The van der Waals surface area contributed by atoms with Crippen LogP contribution in [0.4, 0.5) is 0 Å². The Morgan fingerprint density at radius 3 is 2.70 bits per heavy atom. The molecule has 1 aromatic carbocycles. The van der Waals surface area contributed by atoms with Gasteiger partial charge in [0.1, 0.15) is 0 Å². The lowest BCUT2D eigenvalue weighted by Crippen LogP contribution is -2.41. The molecule has 1 fully saturated rings. The summed E-state index contributed by atoms with van der Waals surface area (Å²) in [5.74, 6) is -1.11. The molecular formula is C13H16INO4S. The third-order valence-electron chi connectivity index (χ3n) is 3.52. The van der Waals surface area contributed by atoms with E-state index in [0.29, 0.717) is 10.1 Å². The number of aromatic carboxylic acids is 1. The fourth-order valence-corrected chi connectivity index (χ4v) is 4.69. The molecule has 20 heavy (non-hydrogen) atoms. The van der Waals surface area contributed by atoms with Crippen molar-refractivity contribution >= 4 is 38.6 Å². The lowest BCUT2D eigenvalue weighted by atomic mass is 10.1. The molecule has 0 saturated carbocycles. The second kappa shape index (κ2) is 5.98. The van der Waals surface area contributed by atoms with E-state index in [9.17, 15) is 13.2 Å². The largest absolute Gasteiger partial charge is 0.478 e. The van der Waals surface area contributed by atoms with Gasteiger partial charge in [-0.05, 0) is 60.6 Å². The molecule has 110 valence electrons. The third kappa shape index (κ3) is 2.99. The molecule has 0 aliphatic carbocycles. The van der Waals surface area contributed by atoms with Gasteiger partial charge in [0, 0.05) is 16.2 Å². The normalized spacial score (nSPS) is 20.8. The van der Waals surface area contributed by atoms with Crippen LogP contribution in [0.3, 0.4) is 0 Å². The summed E-state index contributed by atoms with van der Waals surface area (Å²) < 4.78 is 27.2. The quantitative estimate of drug-likeness (QED) is 0.779. The first-order valence-electron chi connectivity index (χ1n) is 6.38. The number of sulfonamides is 1. The molecule has 0 spiro atoms. The minimum atomic E-state index is -3.62. The van der Waals surface area contributed by atoms with Gasteiger partial charge in [0.15, 0.2) is 0 Å². The Morgan fingerprint density at radius 2 is 2.10 bits per heavy atom. The Kier molecular flexibility index (Phi) is 4.70. The lowest BCUT2D eigenvalue weighted by molar-refractivity contribution is 0.0695. The first-order valence-corrected chi connectivity index (χ1v) is 8.90. The minimum absolute atomic E-state index is 0.0244. The van der Waals surface area contributed by atoms with Gasteiger partial charge in [-0.3, -0.25) is 0 Å². The second-order valence-corrected chi connectivity index (χ2v) is 7.96. The summed E-state index contributed by atoms with van der Waals surface area (Å²) in [4.78, 5) is 11.2. The molecular weight excluding hydrogens is 393 g/mol. The fraction of sp³-hybridized carbons (Fsp3) is 0.462. The van der Waals surface area contributed by atoms with Gasteiger partial charge >= 0.3 is 5.97 Å². The second-order valence-electron chi connectivity index (χ2n) is 4.91. The monoisotopic (exact) mass is 409 g/mol. The summed E-state index contributed by atoms with van der Waals surface area (Å²) in [7, 11) is -3.62. The summed E-state index contributed by atoms with van der Waals surface area (Å²) in [6.07, 6.45) is 2.72. The highest BCUT2D eigenvalue weighted by Crippen LogP contribution is 2.26. The average Bonchev–Trinajstić information content (AvgIpc) is 2.38. The lowest BCUT2D eigenvalue weighted by Gasteiger charge is -2.32. The number of piperidine rings is 1. The van der Waals surface area contributed by atoms with Crippen LogP contribution >= 0.6 is 22.6 Å². The average molecular weight is 409 g/mol. The molecule has 1 atom stereocenters. The van der Waals surface area contributed by atoms with E-state index in [1.165, 1.54) is 22.5 Å². The number of hydrogen-bond donors (Lipinski definition) is 1. The van der Waals surface area contributed by atoms with Gasteiger partial charge in [-0.15, -0.1) is 0 Å². The van der Waals surface area contributed by atoms with Crippen molar-refractivity contribution in [1.82, 2.24) is 4.31 Å². The molecule has 0 aromatic heterocycles. The maximum Gasteiger partial charge on any atom is 0.336 e. The minimum Gasteiger partial charge on any atom is -0.478 e. The highest BCUT2D eigenvalue weighted by molar-refractivity contribution is 14.1. The number of nitrogens with zero attached hydrogens (tertiary/aromatic N) is 1. The summed E-state index contributed by atoms with van der Waals surface area (Å²) in [6, 6.07) is 4.22. The van der Waals surface area contributed by atoms with Crippen LogP contribution in [0.1, 0.15) is 36.5 Å². The van der Waals surface area contributed by atoms with Crippen LogP contribution in [0.25, 0.3) is 0 Å². The van der Waals surface area contributed by atoms with Crippen LogP contribution in [0.15, 0.2) is 23.1 Å². The Labute approximate surface area is 132 Å². The SMILES string of the molecule is CC1CCCCN1S(=O)(=O)c1ccc(I)c(C(=O)O)c1. The molecule has 1 aliphatic heterocycles. The van der Waals surface area contributed by atoms with E-state index in [2.05, 4.69) is 0 Å². The van der Waals surface area contributed by atoms with Gasteiger partial charge < -0.3 is 5.11 Å². The third-order valence-corrected chi connectivity index (χ3v) is 6.47. The molecule has 7 heteroatoms. The van der Waals surface area contributed by atoms with E-state index in [1.54, 1.807) is 0 Å². The maximum absolute atomic E-state index is 12.6. The van der Waals surface area contributed by atoms with Crippen LogP contribution in [0.2, 0.25) is 0 Å². The Balaban J connectivity index is 2.44. The molecule has 5 nitrogen and oxygen atoms in total. The van der Waals surface area contributed by atoms with Crippen molar-refractivity contribution in [1.29, 1.82) is 0 Å². The molecule has 0 bridgehead atoms. The van der Waals surface area contributed by atoms with Gasteiger partial charge in [-0.1, -0.05) is 6.42 Å².